The summed E-state index contributed by atoms with van der Waals surface area (Å²) in [6.07, 6.45) is 1.64. The summed E-state index contributed by atoms with van der Waals surface area (Å²) in [4.78, 5) is 31.7. The average molecular weight is 530 g/mol. The number of aliphatic hydroxyl groups is 1. The molecule has 37 heavy (non-hydrogen) atoms. The highest BCUT2D eigenvalue weighted by molar-refractivity contribution is 6.31. The number of halogens is 2. The summed E-state index contributed by atoms with van der Waals surface area (Å²) in [6, 6.07) is 12.4. The number of benzene rings is 2. The Morgan fingerprint density at radius 2 is 1.89 bits per heavy atom. The Labute approximate surface area is 221 Å². The minimum Gasteiger partial charge on any atom is -0.447 e. The summed E-state index contributed by atoms with van der Waals surface area (Å²) in [7, 11) is 0. The lowest BCUT2D eigenvalue weighted by Gasteiger charge is -2.37. The van der Waals surface area contributed by atoms with Crippen molar-refractivity contribution >= 4 is 40.2 Å². The molecule has 9 heteroatoms. The van der Waals surface area contributed by atoms with Crippen LogP contribution in [0, 0.1) is 5.82 Å². The molecule has 3 rings (SSSR count). The van der Waals surface area contributed by atoms with Gasteiger partial charge in [-0.05, 0) is 81.8 Å². The van der Waals surface area contributed by atoms with Crippen LogP contribution in [0.3, 0.4) is 0 Å². The lowest BCUT2D eigenvalue weighted by molar-refractivity contribution is -0.138. The normalized spacial score (nSPS) is 12.4. The van der Waals surface area contributed by atoms with Gasteiger partial charge in [0.2, 0.25) is 5.91 Å². The van der Waals surface area contributed by atoms with Crippen LogP contribution in [0.15, 0.2) is 54.7 Å². The van der Waals surface area contributed by atoms with Crippen LogP contribution in [-0.2, 0) is 16.0 Å². The van der Waals surface area contributed by atoms with Crippen LogP contribution in [0.5, 0.6) is 0 Å². The third-order valence-electron chi connectivity index (χ3n) is 5.86. The van der Waals surface area contributed by atoms with Crippen LogP contribution in [0.4, 0.5) is 15.0 Å². The Kier molecular flexibility index (Phi) is 9.45. The lowest BCUT2D eigenvalue weighted by Crippen LogP contribution is -2.50. The van der Waals surface area contributed by atoms with Crippen molar-refractivity contribution in [2.24, 2.45) is 0 Å². The maximum absolute atomic E-state index is 13.6. The van der Waals surface area contributed by atoms with E-state index < -0.39 is 23.6 Å². The molecule has 0 unspecified atom stereocenters. The fraction of sp³-hybridized carbons (Fsp3) is 0.393. The second-order valence-corrected chi connectivity index (χ2v) is 10.3. The van der Waals surface area contributed by atoms with Gasteiger partial charge in [0.25, 0.3) is 0 Å². The number of hydrogen-bond acceptors (Lipinski definition) is 5. The first-order chi connectivity index (χ1) is 17.4. The zero-order valence-corrected chi connectivity index (χ0v) is 22.3. The summed E-state index contributed by atoms with van der Waals surface area (Å²) in [5, 5.41) is 15.0. The molecule has 0 saturated carbocycles. The molecule has 0 saturated heterocycles. The molecule has 3 aromatic rings. The van der Waals surface area contributed by atoms with Gasteiger partial charge in [0.05, 0.1) is 11.6 Å². The number of aromatic nitrogens is 1. The zero-order valence-electron chi connectivity index (χ0n) is 21.5. The molecule has 0 aliphatic heterocycles. The van der Waals surface area contributed by atoms with Crippen molar-refractivity contribution in [3.05, 3.63) is 71.1 Å². The van der Waals surface area contributed by atoms with Crippen molar-refractivity contribution in [2.45, 2.75) is 64.6 Å². The van der Waals surface area contributed by atoms with Gasteiger partial charge < -0.3 is 14.7 Å². The van der Waals surface area contributed by atoms with Crippen molar-refractivity contribution in [3.63, 3.8) is 0 Å². The Hall–Kier alpha value is -3.23. The quantitative estimate of drug-likeness (QED) is 0.337. The summed E-state index contributed by atoms with van der Waals surface area (Å²) in [5.74, 6) is -0.320. The molecule has 0 spiro atoms. The smallest absolute Gasteiger partial charge is 0.412 e. The summed E-state index contributed by atoms with van der Waals surface area (Å²) in [6.45, 7) is 6.91. The van der Waals surface area contributed by atoms with Gasteiger partial charge in [-0.3, -0.25) is 10.1 Å². The van der Waals surface area contributed by atoms with Crippen LogP contribution in [0.25, 0.3) is 10.8 Å². The SMILES string of the molecule is CC(C)N(C(=O)CCc1ccccc1Cl)[C@H](COC(=O)Nc1cc2cc(F)ccc2cn1)CC(C)(C)O. The molecule has 1 heterocycles. The molecule has 1 atom stereocenters. The highest BCUT2D eigenvalue weighted by atomic mass is 35.5. The van der Waals surface area contributed by atoms with Gasteiger partial charge in [-0.25, -0.2) is 14.2 Å². The van der Waals surface area contributed by atoms with Crippen molar-refractivity contribution in [1.29, 1.82) is 0 Å². The standard InChI is InChI=1S/C28H33ClFN3O4/c1-18(2)33(26(34)12-10-19-7-5-6-8-24(19)29)23(15-28(3,4)36)17-37-27(35)32-25-14-21-13-22(30)11-9-20(21)16-31-25/h5-9,11,13-14,16,18,23,36H,10,12,15,17H2,1-4H3,(H,31,32,35)/t23-/m0/s1. The number of nitrogens with zero attached hydrogens (tertiary/aromatic N) is 2. The van der Waals surface area contributed by atoms with Crippen LogP contribution < -0.4 is 5.32 Å². The Morgan fingerprint density at radius 1 is 1.16 bits per heavy atom. The highest BCUT2D eigenvalue weighted by Crippen LogP contribution is 2.23. The van der Waals surface area contributed by atoms with Crippen molar-refractivity contribution in [3.8, 4) is 0 Å². The van der Waals surface area contributed by atoms with Crippen molar-refractivity contribution in [1.82, 2.24) is 9.88 Å². The van der Waals surface area contributed by atoms with E-state index in [1.165, 1.54) is 18.3 Å². The molecule has 2 N–H and O–H groups in total. The first kappa shape index (κ1) is 28.3. The second kappa shape index (κ2) is 12.3. The minimum atomic E-state index is -1.11. The van der Waals surface area contributed by atoms with Crippen LogP contribution >= 0.6 is 11.6 Å². The fourth-order valence-electron chi connectivity index (χ4n) is 4.29. The van der Waals surface area contributed by atoms with E-state index in [2.05, 4.69) is 10.3 Å². The van der Waals surface area contributed by atoms with E-state index in [0.29, 0.717) is 16.8 Å². The summed E-state index contributed by atoms with van der Waals surface area (Å²) in [5.41, 5.74) is -0.233. The van der Waals surface area contributed by atoms with Gasteiger partial charge in [-0.2, -0.15) is 0 Å². The van der Waals surface area contributed by atoms with E-state index in [1.807, 2.05) is 32.0 Å². The third-order valence-corrected chi connectivity index (χ3v) is 6.23. The largest absolute Gasteiger partial charge is 0.447 e. The van der Waals surface area contributed by atoms with Crippen LogP contribution in [0.1, 0.15) is 46.1 Å². The molecule has 0 aliphatic carbocycles. The predicted octanol–water partition coefficient (Wildman–Crippen LogP) is 5.98. The third kappa shape index (κ3) is 8.40. The topological polar surface area (TPSA) is 91.8 Å². The number of carbonyl (C=O) groups excluding carboxylic acids is 2. The molecule has 2 aromatic carbocycles. The van der Waals surface area contributed by atoms with Gasteiger partial charge in [0.15, 0.2) is 0 Å². The van der Waals surface area contributed by atoms with Gasteiger partial charge >= 0.3 is 6.09 Å². The Morgan fingerprint density at radius 3 is 2.57 bits per heavy atom. The van der Waals surface area contributed by atoms with Crippen LogP contribution in [0.2, 0.25) is 5.02 Å². The summed E-state index contributed by atoms with van der Waals surface area (Å²) >= 11 is 6.24. The van der Waals surface area contributed by atoms with Gasteiger partial charge in [0.1, 0.15) is 18.2 Å². The number of nitrogens with one attached hydrogen (secondary N) is 1. The molecule has 1 aromatic heterocycles. The van der Waals surface area contributed by atoms with Crippen LogP contribution in [-0.4, -0.2) is 51.3 Å². The van der Waals surface area contributed by atoms with Gasteiger partial charge in [0, 0.05) is 29.1 Å². The predicted molar refractivity (Wildman–Crippen MR) is 143 cm³/mol. The Balaban J connectivity index is 1.69. The maximum atomic E-state index is 13.6. The number of anilines is 1. The number of rotatable bonds is 10. The maximum Gasteiger partial charge on any atom is 0.412 e. The number of amides is 2. The highest BCUT2D eigenvalue weighted by Gasteiger charge is 2.31. The molecule has 2 amide bonds. The van der Waals surface area contributed by atoms with Gasteiger partial charge in [-0.15, -0.1) is 0 Å². The monoisotopic (exact) mass is 529 g/mol. The number of aryl methyl sites for hydroxylation is 1. The number of ether oxygens (including phenoxy) is 1. The van der Waals surface area contributed by atoms with Crippen molar-refractivity contribution < 1.29 is 23.8 Å². The van der Waals surface area contributed by atoms with Crippen molar-refractivity contribution in [2.75, 3.05) is 11.9 Å². The Bertz CT molecular complexity index is 1250. The molecular weight excluding hydrogens is 497 g/mol. The van der Waals surface area contributed by atoms with E-state index in [9.17, 15) is 19.1 Å². The summed E-state index contributed by atoms with van der Waals surface area (Å²) < 4.78 is 19.0. The molecular formula is C28H33ClFN3O4. The van der Waals surface area contributed by atoms with E-state index in [0.717, 1.165) is 10.9 Å². The fourth-order valence-corrected chi connectivity index (χ4v) is 4.52. The molecule has 0 bridgehead atoms. The zero-order chi connectivity index (χ0) is 27.2. The second-order valence-electron chi connectivity index (χ2n) is 9.94. The minimum absolute atomic E-state index is 0.131. The van der Waals surface area contributed by atoms with E-state index >= 15 is 0 Å². The lowest BCUT2D eigenvalue weighted by atomic mass is 9.97. The van der Waals surface area contributed by atoms with Gasteiger partial charge in [-0.1, -0.05) is 29.8 Å². The number of fused-ring (bicyclic) bond motifs is 1. The van der Waals surface area contributed by atoms with E-state index in [1.54, 1.807) is 36.9 Å². The molecule has 0 radical (unpaired) electrons. The molecule has 0 aliphatic rings. The number of carbonyl (C=O) groups is 2. The first-order valence-corrected chi connectivity index (χ1v) is 12.6. The van der Waals surface area contributed by atoms with E-state index in [4.69, 9.17) is 16.3 Å². The van der Waals surface area contributed by atoms with E-state index in [-0.39, 0.29) is 37.2 Å². The molecule has 7 nitrogen and oxygen atoms in total. The molecule has 198 valence electrons. The number of pyridine rings is 1. The number of hydrogen-bond donors (Lipinski definition) is 2. The molecule has 0 fully saturated rings. The average Bonchev–Trinajstić information content (AvgIpc) is 2.80. The first-order valence-electron chi connectivity index (χ1n) is 12.2.